The third-order valence-electron chi connectivity index (χ3n) is 6.89. The minimum Gasteiger partial charge on any atom is -0.0839 e. The molecule has 1 heteroatoms. The molecule has 0 atom stereocenters. The van der Waals surface area contributed by atoms with E-state index in [-0.39, 0.29) is 0 Å². The Hall–Kier alpha value is -2.02. The zero-order valence-electron chi connectivity index (χ0n) is 16.8. The highest BCUT2D eigenvalue weighted by Gasteiger charge is 2.32. The van der Waals surface area contributed by atoms with Gasteiger partial charge in [-0.2, -0.15) is 0 Å². The topological polar surface area (TPSA) is 0 Å². The van der Waals surface area contributed by atoms with E-state index in [1.165, 1.54) is 44.8 Å². The first-order valence-electron chi connectivity index (χ1n) is 9.88. The monoisotopic (exact) mass is 340 g/mol. The Balaban J connectivity index is 1.65. The van der Waals surface area contributed by atoms with E-state index in [0.29, 0.717) is 10.8 Å². The van der Waals surface area contributed by atoms with E-state index in [0.717, 1.165) is 13.7 Å². The Morgan fingerprint density at radius 1 is 0.769 bits per heavy atom. The van der Waals surface area contributed by atoms with Crippen molar-refractivity contribution in [2.45, 2.75) is 47.4 Å². The van der Waals surface area contributed by atoms with Gasteiger partial charge >= 0.3 is 0 Å². The summed E-state index contributed by atoms with van der Waals surface area (Å²) in [6, 6.07) is 20.6. The number of rotatable bonds is 3. The van der Waals surface area contributed by atoms with Gasteiger partial charge in [0.05, 0.1) is 0 Å². The standard InChI is InChI=1S/C25H29B/c1-24(2,3)25(4,5)16-26-21-11-10-19-13-20-12-17-8-6-7-9-18(17)14-22(20)23(19)15-21/h6-12,14-15,26H,13,16H2,1-5H3. The van der Waals surface area contributed by atoms with Crippen molar-refractivity contribution in [3.05, 3.63) is 65.7 Å². The van der Waals surface area contributed by atoms with Gasteiger partial charge in [0.25, 0.3) is 0 Å². The lowest BCUT2D eigenvalue weighted by Gasteiger charge is -2.39. The van der Waals surface area contributed by atoms with Crippen LogP contribution in [0.5, 0.6) is 0 Å². The highest BCUT2D eigenvalue weighted by Crippen LogP contribution is 2.41. The Kier molecular flexibility index (Phi) is 4.02. The smallest absolute Gasteiger partial charge is 0.0839 e. The third-order valence-corrected chi connectivity index (χ3v) is 6.89. The highest BCUT2D eigenvalue weighted by atomic mass is 14.3. The molecule has 0 aromatic heterocycles. The van der Waals surface area contributed by atoms with Crippen molar-refractivity contribution in [1.82, 2.24) is 0 Å². The first kappa shape index (κ1) is 17.4. The summed E-state index contributed by atoms with van der Waals surface area (Å²) in [4.78, 5) is 0. The van der Waals surface area contributed by atoms with E-state index in [1.54, 1.807) is 0 Å². The van der Waals surface area contributed by atoms with Gasteiger partial charge < -0.3 is 0 Å². The summed E-state index contributed by atoms with van der Waals surface area (Å²) in [5.41, 5.74) is 7.99. The number of benzene rings is 3. The molecular weight excluding hydrogens is 311 g/mol. The van der Waals surface area contributed by atoms with Crippen LogP contribution in [0.2, 0.25) is 6.32 Å². The molecule has 0 spiro atoms. The zero-order chi connectivity index (χ0) is 18.5. The molecule has 132 valence electrons. The molecule has 0 aliphatic heterocycles. The number of hydrogen-bond acceptors (Lipinski definition) is 0. The van der Waals surface area contributed by atoms with Gasteiger partial charge in [0.15, 0.2) is 7.28 Å². The fourth-order valence-electron chi connectivity index (χ4n) is 3.91. The second-order valence-corrected chi connectivity index (χ2v) is 9.66. The van der Waals surface area contributed by atoms with Crippen LogP contribution in [0, 0.1) is 10.8 Å². The molecule has 4 rings (SSSR count). The molecule has 0 bridgehead atoms. The highest BCUT2D eigenvalue weighted by molar-refractivity contribution is 6.53. The Bertz CT molecular complexity index is 973. The number of fused-ring (bicyclic) bond motifs is 4. The average Bonchev–Trinajstić information content (AvgIpc) is 2.94. The Labute approximate surface area is 158 Å². The minimum atomic E-state index is 0.329. The van der Waals surface area contributed by atoms with Crippen molar-refractivity contribution in [2.24, 2.45) is 10.8 Å². The SMILES string of the molecule is CC(C)(C)C(C)(C)CBc1ccc2c(c1)-c1cc3ccccc3cc1C2. The largest absolute Gasteiger partial charge is 0.158 e. The summed E-state index contributed by atoms with van der Waals surface area (Å²) in [6.45, 7) is 11.9. The van der Waals surface area contributed by atoms with Crippen LogP contribution in [-0.2, 0) is 6.42 Å². The van der Waals surface area contributed by atoms with Gasteiger partial charge in [0.2, 0.25) is 0 Å². The van der Waals surface area contributed by atoms with Crippen molar-refractivity contribution in [3.8, 4) is 11.1 Å². The van der Waals surface area contributed by atoms with Gasteiger partial charge in [0, 0.05) is 0 Å². The molecule has 0 fully saturated rings. The lowest BCUT2D eigenvalue weighted by atomic mass is 9.53. The van der Waals surface area contributed by atoms with Crippen LogP contribution < -0.4 is 5.46 Å². The molecule has 0 amide bonds. The summed E-state index contributed by atoms with van der Waals surface area (Å²) in [7, 11) is 1.15. The maximum absolute atomic E-state index is 2.45. The maximum Gasteiger partial charge on any atom is 0.158 e. The molecule has 0 N–H and O–H groups in total. The zero-order valence-corrected chi connectivity index (χ0v) is 16.8. The first-order valence-corrected chi connectivity index (χ1v) is 9.88. The van der Waals surface area contributed by atoms with Crippen molar-refractivity contribution >= 4 is 23.5 Å². The summed E-state index contributed by atoms with van der Waals surface area (Å²) in [5.74, 6) is 0. The van der Waals surface area contributed by atoms with Crippen LogP contribution in [0.3, 0.4) is 0 Å². The van der Waals surface area contributed by atoms with Crippen LogP contribution in [0.15, 0.2) is 54.6 Å². The van der Waals surface area contributed by atoms with Crippen LogP contribution >= 0.6 is 0 Å². The van der Waals surface area contributed by atoms with Crippen LogP contribution in [0.1, 0.15) is 45.7 Å². The van der Waals surface area contributed by atoms with E-state index >= 15 is 0 Å². The van der Waals surface area contributed by atoms with Gasteiger partial charge in [-0.25, -0.2) is 0 Å². The van der Waals surface area contributed by atoms with Crippen molar-refractivity contribution in [3.63, 3.8) is 0 Å². The van der Waals surface area contributed by atoms with Gasteiger partial charge in [0.1, 0.15) is 0 Å². The molecule has 0 nitrogen and oxygen atoms in total. The second kappa shape index (κ2) is 6.01. The van der Waals surface area contributed by atoms with Gasteiger partial charge in [-0.1, -0.05) is 94.9 Å². The summed E-state index contributed by atoms with van der Waals surface area (Å²) < 4.78 is 0. The molecule has 3 aromatic carbocycles. The molecular formula is C25H29B. The molecule has 0 unspecified atom stereocenters. The summed E-state index contributed by atoms with van der Waals surface area (Å²) in [6.07, 6.45) is 2.29. The average molecular weight is 340 g/mol. The maximum atomic E-state index is 2.45. The van der Waals surface area contributed by atoms with Crippen LogP contribution in [0.4, 0.5) is 0 Å². The predicted molar refractivity (Wildman–Crippen MR) is 117 cm³/mol. The van der Waals surface area contributed by atoms with E-state index in [9.17, 15) is 0 Å². The van der Waals surface area contributed by atoms with E-state index < -0.39 is 0 Å². The molecule has 1 aliphatic rings. The molecule has 0 saturated heterocycles. The Morgan fingerprint density at radius 2 is 1.42 bits per heavy atom. The summed E-state index contributed by atoms with van der Waals surface area (Å²) in [5, 5.41) is 2.70. The van der Waals surface area contributed by atoms with Crippen molar-refractivity contribution in [2.75, 3.05) is 0 Å². The predicted octanol–water partition coefficient (Wildman–Crippen LogP) is 5.96. The van der Waals surface area contributed by atoms with E-state index in [4.69, 9.17) is 0 Å². The van der Waals surface area contributed by atoms with E-state index in [2.05, 4.69) is 89.2 Å². The quantitative estimate of drug-likeness (QED) is 0.404. The lowest BCUT2D eigenvalue weighted by molar-refractivity contribution is 0.157. The fraction of sp³-hybridized carbons (Fsp3) is 0.360. The van der Waals surface area contributed by atoms with Crippen molar-refractivity contribution < 1.29 is 0 Å². The molecule has 1 aliphatic carbocycles. The molecule has 3 aromatic rings. The van der Waals surface area contributed by atoms with Crippen molar-refractivity contribution in [1.29, 1.82) is 0 Å². The van der Waals surface area contributed by atoms with Crippen LogP contribution in [0.25, 0.3) is 21.9 Å². The Morgan fingerprint density at radius 3 is 2.12 bits per heavy atom. The minimum absolute atomic E-state index is 0.329. The molecule has 0 saturated carbocycles. The second-order valence-electron chi connectivity index (χ2n) is 9.66. The normalized spacial score (nSPS) is 13.6. The first-order chi connectivity index (χ1) is 12.2. The third kappa shape index (κ3) is 2.98. The fourth-order valence-corrected chi connectivity index (χ4v) is 3.91. The molecule has 26 heavy (non-hydrogen) atoms. The molecule has 0 radical (unpaired) electrons. The van der Waals surface area contributed by atoms with Gasteiger partial charge in [-0.15, -0.1) is 0 Å². The van der Waals surface area contributed by atoms with E-state index in [1.807, 2.05) is 0 Å². The number of hydrogen-bond donors (Lipinski definition) is 0. The van der Waals surface area contributed by atoms with Gasteiger partial charge in [-0.3, -0.25) is 0 Å². The summed E-state index contributed by atoms with van der Waals surface area (Å²) >= 11 is 0. The van der Waals surface area contributed by atoms with Crippen LogP contribution in [-0.4, -0.2) is 7.28 Å². The lowest BCUT2D eigenvalue weighted by Crippen LogP contribution is -2.33. The van der Waals surface area contributed by atoms with Gasteiger partial charge in [-0.05, 0) is 56.3 Å². The molecule has 0 heterocycles.